The molecule has 9 heteroatoms. The highest BCUT2D eigenvalue weighted by Crippen LogP contribution is 2.35. The summed E-state index contributed by atoms with van der Waals surface area (Å²) in [6.45, 7) is 2.00. The van der Waals surface area contributed by atoms with E-state index in [0.717, 1.165) is 17.7 Å². The molecule has 0 saturated carbocycles. The molecule has 0 aliphatic heterocycles. The van der Waals surface area contributed by atoms with E-state index in [1.54, 1.807) is 29.3 Å². The van der Waals surface area contributed by atoms with Gasteiger partial charge in [-0.3, -0.25) is 0 Å². The van der Waals surface area contributed by atoms with Crippen LogP contribution in [0.4, 0.5) is 24.9 Å². The minimum atomic E-state index is -4.47. The lowest BCUT2D eigenvalue weighted by Gasteiger charge is -2.17. The first kappa shape index (κ1) is 23.2. The summed E-state index contributed by atoms with van der Waals surface area (Å²) >= 11 is 0. The number of hydrogen-bond donors (Lipinski definition) is 1. The Labute approximate surface area is 195 Å². The summed E-state index contributed by atoms with van der Waals surface area (Å²) in [6.07, 6.45) is -2.86. The van der Waals surface area contributed by atoms with Crippen molar-refractivity contribution in [3.8, 4) is 22.5 Å². The Morgan fingerprint density at radius 3 is 2.38 bits per heavy atom. The molecule has 4 aromatic rings. The number of rotatable bonds is 6. The molecule has 1 N–H and O–H groups in total. The summed E-state index contributed by atoms with van der Waals surface area (Å²) in [4.78, 5) is 10.7. The average Bonchev–Trinajstić information content (AvgIpc) is 2.84. The number of nitrogens with zero attached hydrogens (tertiary/aromatic N) is 5. The Morgan fingerprint density at radius 1 is 0.912 bits per heavy atom. The maximum Gasteiger partial charge on any atom is 0.416 e. The van der Waals surface area contributed by atoms with E-state index < -0.39 is 11.7 Å². The quantitative estimate of drug-likeness (QED) is 0.386. The molecule has 2 aromatic heterocycles. The second-order valence-corrected chi connectivity index (χ2v) is 7.98. The van der Waals surface area contributed by atoms with Crippen LogP contribution in [0.5, 0.6) is 0 Å². The monoisotopic (exact) mass is 464 g/mol. The Bertz CT molecular complexity index is 1280. The molecule has 174 valence electrons. The van der Waals surface area contributed by atoms with Crippen LogP contribution in [0.25, 0.3) is 22.5 Å². The number of halogens is 3. The van der Waals surface area contributed by atoms with Crippen molar-refractivity contribution < 1.29 is 13.2 Å². The molecule has 2 heterocycles. The van der Waals surface area contributed by atoms with Crippen molar-refractivity contribution in [3.05, 3.63) is 84.1 Å². The van der Waals surface area contributed by atoms with Crippen LogP contribution in [-0.4, -0.2) is 34.3 Å². The molecule has 0 aliphatic carbocycles. The van der Waals surface area contributed by atoms with Crippen molar-refractivity contribution in [2.45, 2.75) is 19.1 Å². The summed E-state index contributed by atoms with van der Waals surface area (Å²) in [6, 6.07) is 18.3. The highest BCUT2D eigenvalue weighted by Gasteiger charge is 2.31. The standard InChI is InChI=1S/C25H23F3N6/c1-16(17-8-5-4-6-9-17)30-24-29-13-12-21(31-24)20-15-22(34(2)3)32-33-23(20)18-10-7-11-19(14-18)25(26,27)28/h4-16H,1-3H3,(H,29,30,31)/t16-/m0/s1. The van der Waals surface area contributed by atoms with Gasteiger partial charge in [0.15, 0.2) is 5.82 Å². The van der Waals surface area contributed by atoms with Crippen molar-refractivity contribution in [2.75, 3.05) is 24.3 Å². The molecule has 0 radical (unpaired) electrons. The molecule has 0 spiro atoms. The molecule has 0 saturated heterocycles. The second-order valence-electron chi connectivity index (χ2n) is 7.98. The lowest BCUT2D eigenvalue weighted by Crippen LogP contribution is -2.13. The van der Waals surface area contributed by atoms with Crippen LogP contribution in [0.15, 0.2) is 72.9 Å². The van der Waals surface area contributed by atoms with E-state index in [9.17, 15) is 13.2 Å². The number of nitrogens with one attached hydrogen (secondary N) is 1. The Hall–Kier alpha value is -4.01. The number of benzene rings is 2. The maximum absolute atomic E-state index is 13.3. The van der Waals surface area contributed by atoms with Gasteiger partial charge in [0.1, 0.15) is 5.69 Å². The van der Waals surface area contributed by atoms with Gasteiger partial charge in [0.25, 0.3) is 0 Å². The van der Waals surface area contributed by atoms with Gasteiger partial charge < -0.3 is 10.2 Å². The smallest absolute Gasteiger partial charge is 0.361 e. The number of hydrogen-bond acceptors (Lipinski definition) is 6. The molecule has 0 unspecified atom stereocenters. The average molecular weight is 464 g/mol. The van der Waals surface area contributed by atoms with Gasteiger partial charge in [0, 0.05) is 31.4 Å². The van der Waals surface area contributed by atoms with Crippen molar-refractivity contribution in [1.29, 1.82) is 0 Å². The van der Waals surface area contributed by atoms with E-state index in [1.165, 1.54) is 6.07 Å². The third-order valence-corrected chi connectivity index (χ3v) is 5.28. The van der Waals surface area contributed by atoms with Gasteiger partial charge in [-0.2, -0.15) is 13.2 Å². The van der Waals surface area contributed by atoms with Gasteiger partial charge in [0.05, 0.1) is 17.3 Å². The first-order valence-corrected chi connectivity index (χ1v) is 10.6. The number of aromatic nitrogens is 4. The zero-order valence-corrected chi connectivity index (χ0v) is 18.9. The Balaban J connectivity index is 1.77. The highest BCUT2D eigenvalue weighted by molar-refractivity contribution is 5.80. The van der Waals surface area contributed by atoms with Gasteiger partial charge >= 0.3 is 6.18 Å². The van der Waals surface area contributed by atoms with Crippen molar-refractivity contribution in [3.63, 3.8) is 0 Å². The summed E-state index contributed by atoms with van der Waals surface area (Å²) in [5, 5.41) is 11.7. The zero-order chi connectivity index (χ0) is 24.3. The van der Waals surface area contributed by atoms with Crippen LogP contribution in [0.3, 0.4) is 0 Å². The van der Waals surface area contributed by atoms with Crippen molar-refractivity contribution in [2.24, 2.45) is 0 Å². The van der Waals surface area contributed by atoms with Crippen molar-refractivity contribution >= 4 is 11.8 Å². The third-order valence-electron chi connectivity index (χ3n) is 5.28. The maximum atomic E-state index is 13.3. The van der Waals surface area contributed by atoms with E-state index in [1.807, 2.05) is 51.4 Å². The molecule has 0 bridgehead atoms. The lowest BCUT2D eigenvalue weighted by atomic mass is 10.0. The zero-order valence-electron chi connectivity index (χ0n) is 18.9. The minimum Gasteiger partial charge on any atom is -0.361 e. The SMILES string of the molecule is C[C@H](Nc1nccc(-c2cc(N(C)C)nnc2-c2cccc(C(F)(F)F)c2)n1)c1ccccc1. The summed E-state index contributed by atoms with van der Waals surface area (Å²) in [5.74, 6) is 0.948. The van der Waals surface area contributed by atoms with Crippen LogP contribution in [0, 0.1) is 0 Å². The lowest BCUT2D eigenvalue weighted by molar-refractivity contribution is -0.137. The van der Waals surface area contributed by atoms with Crippen LogP contribution >= 0.6 is 0 Å². The fourth-order valence-corrected chi connectivity index (χ4v) is 3.45. The first-order chi connectivity index (χ1) is 16.2. The van der Waals surface area contributed by atoms with Gasteiger partial charge in [-0.25, -0.2) is 9.97 Å². The third kappa shape index (κ3) is 5.14. The minimum absolute atomic E-state index is 0.0488. The van der Waals surface area contributed by atoms with Crippen LogP contribution in [0.2, 0.25) is 0 Å². The molecule has 2 aromatic carbocycles. The molecule has 4 rings (SSSR count). The second kappa shape index (κ2) is 9.46. The summed E-state index contributed by atoms with van der Waals surface area (Å²) in [7, 11) is 3.62. The fourth-order valence-electron chi connectivity index (χ4n) is 3.45. The molecule has 34 heavy (non-hydrogen) atoms. The molecule has 1 atom stereocenters. The van der Waals surface area contributed by atoms with Gasteiger partial charge in [0.2, 0.25) is 5.95 Å². The predicted molar refractivity (Wildman–Crippen MR) is 126 cm³/mol. The van der Waals surface area contributed by atoms with E-state index >= 15 is 0 Å². The van der Waals surface area contributed by atoms with Crippen LogP contribution < -0.4 is 10.2 Å². The van der Waals surface area contributed by atoms with Gasteiger partial charge in [-0.1, -0.05) is 42.5 Å². The molecule has 0 fully saturated rings. The summed E-state index contributed by atoms with van der Waals surface area (Å²) in [5.41, 5.74) is 1.99. The molecule has 0 aliphatic rings. The number of anilines is 2. The topological polar surface area (TPSA) is 66.8 Å². The largest absolute Gasteiger partial charge is 0.416 e. The van der Waals surface area contributed by atoms with E-state index in [0.29, 0.717) is 34.3 Å². The van der Waals surface area contributed by atoms with Crippen LogP contribution in [0.1, 0.15) is 24.1 Å². The Kier molecular flexibility index (Phi) is 6.45. The van der Waals surface area contributed by atoms with E-state index in [4.69, 9.17) is 0 Å². The van der Waals surface area contributed by atoms with Gasteiger partial charge in [-0.05, 0) is 36.8 Å². The predicted octanol–water partition coefficient (Wildman–Crippen LogP) is 5.86. The fraction of sp³-hybridized carbons (Fsp3) is 0.200. The molecule has 6 nitrogen and oxygen atoms in total. The number of alkyl halides is 3. The molecule has 0 amide bonds. The van der Waals surface area contributed by atoms with Crippen LogP contribution in [-0.2, 0) is 6.18 Å². The van der Waals surface area contributed by atoms with Crippen molar-refractivity contribution in [1.82, 2.24) is 20.2 Å². The normalized spacial score (nSPS) is 12.3. The molecular formula is C25H23F3N6. The summed E-state index contributed by atoms with van der Waals surface area (Å²) < 4.78 is 40.0. The highest BCUT2D eigenvalue weighted by atomic mass is 19.4. The molecular weight excluding hydrogens is 441 g/mol. The Morgan fingerprint density at radius 2 is 1.68 bits per heavy atom. The first-order valence-electron chi connectivity index (χ1n) is 10.6. The van der Waals surface area contributed by atoms with E-state index in [2.05, 4.69) is 25.5 Å². The van der Waals surface area contributed by atoms with Gasteiger partial charge in [-0.15, -0.1) is 10.2 Å². The van der Waals surface area contributed by atoms with E-state index in [-0.39, 0.29) is 6.04 Å².